The third kappa shape index (κ3) is 10.6. The third-order valence-electron chi connectivity index (χ3n) is 2.16. The first-order chi connectivity index (χ1) is 5.75. The number of aliphatic hydroxyl groups excluding tert-OH is 1. The number of hydrogen-bond acceptors (Lipinski definition) is 1. The standard InChI is InChI=1S/C10H15NO.4ClH.Pd/c1-8(11-2)10(12)9-6-4-3-5-7-9;;;;;/h3-8,10-12H,1-2H3;4*1H;/q;;;;;+2/p-3. The molecule has 0 aliphatic carbocycles. The van der Waals surface area contributed by atoms with Crippen LogP contribution in [0, 0.1) is 0 Å². The molecule has 0 aliphatic heterocycles. The second kappa shape index (κ2) is 17.0. The summed E-state index contributed by atoms with van der Waals surface area (Å²) in [6.45, 7) is 2.01. The Balaban J connectivity index is -0.0000000960. The van der Waals surface area contributed by atoms with Gasteiger partial charge in [-0.1, -0.05) is 30.3 Å². The molecule has 0 bridgehead atoms. The zero-order valence-corrected chi connectivity index (χ0v) is 14.0. The molecule has 0 saturated heterocycles. The average molecular weight is 414 g/mol. The Hall–Kier alpha value is 0.962. The van der Waals surface area contributed by atoms with Gasteiger partial charge in [-0.3, -0.25) is 0 Å². The first-order valence-corrected chi connectivity index (χ1v) is 4.28. The first-order valence-electron chi connectivity index (χ1n) is 4.28. The van der Waals surface area contributed by atoms with E-state index in [1.165, 1.54) is 0 Å². The van der Waals surface area contributed by atoms with Crippen molar-refractivity contribution in [1.82, 2.24) is 0 Å². The molecule has 1 aromatic rings. The van der Waals surface area contributed by atoms with E-state index in [4.69, 9.17) is 0 Å². The molecule has 106 valence electrons. The molecule has 0 radical (unpaired) electrons. The molecule has 0 fully saturated rings. The van der Waals surface area contributed by atoms with Crippen LogP contribution in [-0.2, 0) is 20.4 Å². The number of hydrogen-bond donors (Lipinski definition) is 2. The number of nitrogens with two attached hydrogens (primary N) is 1. The van der Waals surface area contributed by atoms with Gasteiger partial charge in [-0.25, -0.2) is 0 Å². The van der Waals surface area contributed by atoms with Crippen LogP contribution >= 0.6 is 0 Å². The van der Waals surface area contributed by atoms with E-state index in [2.05, 4.69) is 0 Å². The van der Waals surface area contributed by atoms with Crippen molar-refractivity contribution in [3.8, 4) is 0 Å². The van der Waals surface area contributed by atoms with E-state index in [0.717, 1.165) is 5.56 Å². The smallest absolute Gasteiger partial charge is 1.00 e. The normalized spacial score (nSPS) is 11.0. The van der Waals surface area contributed by atoms with Gasteiger partial charge in [0.05, 0.1) is 7.05 Å². The number of rotatable bonds is 3. The molecule has 7 heteroatoms. The van der Waals surface area contributed by atoms with Crippen molar-refractivity contribution in [3.05, 3.63) is 35.9 Å². The molecule has 0 aromatic heterocycles. The molecule has 3 N–H and O–H groups in total. The summed E-state index contributed by atoms with van der Waals surface area (Å²) in [7, 11) is 1.97. The Morgan fingerprint density at radius 2 is 1.41 bits per heavy atom. The largest absolute Gasteiger partial charge is 2.00 e. The minimum atomic E-state index is -0.365. The summed E-state index contributed by atoms with van der Waals surface area (Å²) in [5, 5.41) is 11.8. The molecule has 2 nitrogen and oxygen atoms in total. The van der Waals surface area contributed by atoms with E-state index in [1.807, 2.05) is 49.6 Å². The van der Waals surface area contributed by atoms with Crippen molar-refractivity contribution in [1.29, 1.82) is 0 Å². The maximum atomic E-state index is 9.76. The summed E-state index contributed by atoms with van der Waals surface area (Å²) in [4.78, 5) is 0. The fourth-order valence-electron chi connectivity index (χ4n) is 1.14. The summed E-state index contributed by atoms with van der Waals surface area (Å²) in [5.41, 5.74) is 0.989. The van der Waals surface area contributed by atoms with Gasteiger partial charge in [-0.05, 0) is 12.5 Å². The predicted molar refractivity (Wildman–Crippen MR) is 48.7 cm³/mol. The minimum Gasteiger partial charge on any atom is -1.00 e. The zero-order valence-electron chi connectivity index (χ0n) is 9.39. The second-order valence-corrected chi connectivity index (χ2v) is 3.05. The molecule has 17 heavy (non-hydrogen) atoms. The van der Waals surface area contributed by atoms with Crippen molar-refractivity contribution in [2.75, 3.05) is 7.05 Å². The van der Waals surface area contributed by atoms with Gasteiger partial charge in [0.2, 0.25) is 0 Å². The fourth-order valence-corrected chi connectivity index (χ4v) is 1.14. The topological polar surface area (TPSA) is 36.8 Å². The number of quaternary nitrogens is 1. The average Bonchev–Trinajstić information content (AvgIpc) is 2.17. The van der Waals surface area contributed by atoms with E-state index < -0.39 is 0 Å². The van der Waals surface area contributed by atoms with Crippen LogP contribution in [0.25, 0.3) is 0 Å². The summed E-state index contributed by atoms with van der Waals surface area (Å²) >= 11 is 0. The van der Waals surface area contributed by atoms with Gasteiger partial charge in [-0.15, -0.1) is 0 Å². The number of halogens is 4. The molecule has 1 rings (SSSR count). The van der Waals surface area contributed by atoms with Gasteiger partial charge in [0.1, 0.15) is 12.1 Å². The number of likely N-dealkylation sites (N-methyl/N-ethyl adjacent to an activating group) is 1. The van der Waals surface area contributed by atoms with Gasteiger partial charge in [-0.2, -0.15) is 0 Å². The molecular weight excluding hydrogens is 398 g/mol. The van der Waals surface area contributed by atoms with Gasteiger partial charge in [0, 0.05) is 0 Å². The molecule has 0 heterocycles. The molecule has 1 aromatic carbocycles. The molecule has 0 saturated carbocycles. The SMILES string of the molecule is C[NH2+]C(C)C(O)c1ccccc1.[Cl-].[Cl-].[Cl-].[Cl-].[Pd+2]. The summed E-state index contributed by atoms with van der Waals surface area (Å²) in [6.07, 6.45) is -0.365. The van der Waals surface area contributed by atoms with Gasteiger partial charge in [0.25, 0.3) is 0 Å². The van der Waals surface area contributed by atoms with Crippen molar-refractivity contribution in [2.24, 2.45) is 0 Å². The van der Waals surface area contributed by atoms with Crippen LogP contribution in [0.5, 0.6) is 0 Å². The van der Waals surface area contributed by atoms with E-state index in [-0.39, 0.29) is 82.2 Å². The van der Waals surface area contributed by atoms with Gasteiger partial charge < -0.3 is 60.1 Å². The van der Waals surface area contributed by atoms with Crippen LogP contribution in [0.3, 0.4) is 0 Å². The quantitative estimate of drug-likeness (QED) is 0.474. The van der Waals surface area contributed by atoms with Crippen LogP contribution < -0.4 is 54.9 Å². The molecule has 0 amide bonds. The predicted octanol–water partition coefficient (Wildman–Crippen LogP) is -11.7. The Morgan fingerprint density at radius 1 is 1.00 bits per heavy atom. The first kappa shape index (κ1) is 30.8. The molecule has 0 spiro atoms. The monoisotopic (exact) mass is 412 g/mol. The Kier molecular flexibility index (Phi) is 30.7. The molecule has 2 unspecified atom stereocenters. The Labute approximate surface area is 142 Å². The number of benzene rings is 1. The maximum absolute atomic E-state index is 9.76. The van der Waals surface area contributed by atoms with Crippen molar-refractivity contribution in [3.63, 3.8) is 0 Å². The van der Waals surface area contributed by atoms with Gasteiger partial charge >= 0.3 is 20.4 Å². The summed E-state index contributed by atoms with van der Waals surface area (Å²) in [5.74, 6) is 0. The second-order valence-electron chi connectivity index (χ2n) is 3.05. The van der Waals surface area contributed by atoms with E-state index in [0.29, 0.717) is 0 Å². The Bertz CT molecular complexity index is 241. The molecule has 0 aliphatic rings. The summed E-state index contributed by atoms with van der Waals surface area (Å²) < 4.78 is 0. The number of aliphatic hydroxyl groups is 1. The van der Waals surface area contributed by atoms with Crippen molar-refractivity contribution in [2.45, 2.75) is 19.1 Å². The van der Waals surface area contributed by atoms with Crippen LogP contribution in [0.2, 0.25) is 0 Å². The van der Waals surface area contributed by atoms with Crippen LogP contribution in [0.4, 0.5) is 0 Å². The van der Waals surface area contributed by atoms with Crippen molar-refractivity contribution < 1.29 is 80.5 Å². The van der Waals surface area contributed by atoms with Crippen LogP contribution in [-0.4, -0.2) is 18.2 Å². The van der Waals surface area contributed by atoms with Gasteiger partial charge in [0.15, 0.2) is 0 Å². The van der Waals surface area contributed by atoms with Crippen molar-refractivity contribution >= 4 is 0 Å². The Morgan fingerprint density at radius 3 is 1.76 bits per heavy atom. The zero-order chi connectivity index (χ0) is 8.97. The maximum Gasteiger partial charge on any atom is 2.00 e. The summed E-state index contributed by atoms with van der Waals surface area (Å²) in [6, 6.07) is 9.96. The minimum absolute atomic E-state index is 0. The fraction of sp³-hybridized carbons (Fsp3) is 0.400. The van der Waals surface area contributed by atoms with E-state index in [1.54, 1.807) is 0 Å². The third-order valence-corrected chi connectivity index (χ3v) is 2.16. The molecular formula is C10H16Cl4NOPd-. The molecule has 2 atom stereocenters. The van der Waals surface area contributed by atoms with E-state index >= 15 is 0 Å². The van der Waals surface area contributed by atoms with Crippen LogP contribution in [0.15, 0.2) is 30.3 Å². The van der Waals surface area contributed by atoms with E-state index in [9.17, 15) is 5.11 Å². The van der Waals surface area contributed by atoms with Crippen LogP contribution in [0.1, 0.15) is 18.6 Å².